The van der Waals surface area contributed by atoms with E-state index in [4.69, 9.17) is 15.2 Å². The first kappa shape index (κ1) is 14.0. The first-order valence-electron chi connectivity index (χ1n) is 6.47. The fraction of sp³-hybridized carbons (Fsp3) is 0.533. The van der Waals surface area contributed by atoms with Gasteiger partial charge in [-0.15, -0.1) is 0 Å². The van der Waals surface area contributed by atoms with Gasteiger partial charge >= 0.3 is 5.97 Å². The number of hydrogen-bond acceptors (Lipinski definition) is 4. The zero-order chi connectivity index (χ0) is 14.0. The molecule has 0 fully saturated rings. The van der Waals surface area contributed by atoms with Crippen molar-refractivity contribution in [2.24, 2.45) is 11.1 Å². The van der Waals surface area contributed by atoms with Crippen molar-refractivity contribution in [3.63, 3.8) is 0 Å². The van der Waals surface area contributed by atoms with Crippen LogP contribution >= 0.6 is 0 Å². The van der Waals surface area contributed by atoms with Gasteiger partial charge in [0.15, 0.2) is 0 Å². The molecule has 0 saturated heterocycles. The van der Waals surface area contributed by atoms with Crippen LogP contribution in [0.15, 0.2) is 18.2 Å². The van der Waals surface area contributed by atoms with Crippen LogP contribution < -0.4 is 5.73 Å². The largest absolute Gasteiger partial charge is 0.469 e. The van der Waals surface area contributed by atoms with Gasteiger partial charge in [-0.05, 0) is 37.0 Å². The zero-order valence-electron chi connectivity index (χ0n) is 11.7. The topological polar surface area (TPSA) is 61.5 Å². The Morgan fingerprint density at radius 1 is 1.42 bits per heavy atom. The number of rotatable bonds is 4. The van der Waals surface area contributed by atoms with E-state index < -0.39 is 5.41 Å². The predicted molar refractivity (Wildman–Crippen MR) is 72.3 cm³/mol. The highest BCUT2D eigenvalue weighted by Crippen LogP contribution is 2.31. The molecule has 0 amide bonds. The molecule has 0 aromatic heterocycles. The van der Waals surface area contributed by atoms with Crippen molar-refractivity contribution in [2.75, 3.05) is 7.11 Å². The van der Waals surface area contributed by atoms with Crippen molar-refractivity contribution in [3.05, 3.63) is 34.9 Å². The van der Waals surface area contributed by atoms with Crippen LogP contribution in [0.4, 0.5) is 0 Å². The molecular formula is C15H21NO3. The van der Waals surface area contributed by atoms with Gasteiger partial charge in [-0.3, -0.25) is 4.79 Å². The van der Waals surface area contributed by atoms with Crippen molar-refractivity contribution < 1.29 is 14.3 Å². The number of methoxy groups -OCH3 is 1. The molecule has 1 aromatic carbocycles. The lowest BCUT2D eigenvalue weighted by Crippen LogP contribution is -2.30. The van der Waals surface area contributed by atoms with Crippen LogP contribution in [0.25, 0.3) is 0 Å². The lowest BCUT2D eigenvalue weighted by atomic mass is 9.83. The maximum absolute atomic E-state index is 11.7. The summed E-state index contributed by atoms with van der Waals surface area (Å²) in [6.07, 6.45) is 0.555. The Kier molecular flexibility index (Phi) is 3.92. The molecule has 2 N–H and O–H groups in total. The normalized spacial score (nSPS) is 16.0. The summed E-state index contributed by atoms with van der Waals surface area (Å²) in [5.74, 6) is -0.229. The molecule has 1 atom stereocenters. The Morgan fingerprint density at radius 3 is 2.79 bits per heavy atom. The molecule has 1 aliphatic heterocycles. The third kappa shape index (κ3) is 2.96. The molecule has 4 heteroatoms. The van der Waals surface area contributed by atoms with Crippen LogP contribution in [-0.4, -0.2) is 13.1 Å². The number of hydrogen-bond donors (Lipinski definition) is 1. The summed E-state index contributed by atoms with van der Waals surface area (Å²) in [6.45, 7) is 5.04. The third-order valence-corrected chi connectivity index (χ3v) is 3.64. The number of carbonyl (C=O) groups is 1. The van der Waals surface area contributed by atoms with Crippen molar-refractivity contribution >= 4 is 5.97 Å². The van der Waals surface area contributed by atoms with E-state index in [0.29, 0.717) is 19.6 Å². The summed E-state index contributed by atoms with van der Waals surface area (Å²) in [5, 5.41) is 0. The maximum atomic E-state index is 11.7. The van der Waals surface area contributed by atoms with E-state index in [0.717, 1.165) is 5.56 Å². The Hall–Kier alpha value is -1.39. The van der Waals surface area contributed by atoms with Crippen molar-refractivity contribution in [2.45, 2.75) is 39.5 Å². The minimum Gasteiger partial charge on any atom is -0.469 e. The predicted octanol–water partition coefficient (Wildman–Crippen LogP) is 2.31. The van der Waals surface area contributed by atoms with Gasteiger partial charge in [-0.25, -0.2) is 0 Å². The van der Waals surface area contributed by atoms with Crippen molar-refractivity contribution in [3.8, 4) is 0 Å². The van der Waals surface area contributed by atoms with Gasteiger partial charge in [0, 0.05) is 6.04 Å². The molecule has 0 aliphatic carbocycles. The number of ether oxygens (including phenoxy) is 2. The molecule has 0 bridgehead atoms. The number of fused-ring (bicyclic) bond motifs is 1. The fourth-order valence-corrected chi connectivity index (χ4v) is 2.45. The summed E-state index contributed by atoms with van der Waals surface area (Å²) < 4.78 is 10.2. The monoisotopic (exact) mass is 263 g/mol. The second-order valence-corrected chi connectivity index (χ2v) is 5.71. The smallest absolute Gasteiger partial charge is 0.311 e. The van der Waals surface area contributed by atoms with Gasteiger partial charge < -0.3 is 15.2 Å². The van der Waals surface area contributed by atoms with Crippen LogP contribution in [0.2, 0.25) is 0 Å². The summed E-state index contributed by atoms with van der Waals surface area (Å²) in [7, 11) is 1.41. The first-order chi connectivity index (χ1) is 8.94. The van der Waals surface area contributed by atoms with E-state index in [-0.39, 0.29) is 12.0 Å². The Morgan fingerprint density at radius 2 is 2.11 bits per heavy atom. The highest BCUT2D eigenvalue weighted by atomic mass is 16.5. The summed E-state index contributed by atoms with van der Waals surface area (Å²) in [4.78, 5) is 11.7. The molecule has 19 heavy (non-hydrogen) atoms. The molecule has 1 unspecified atom stereocenters. The average Bonchev–Trinajstić information content (AvgIpc) is 2.84. The number of carbonyl (C=O) groups excluding carboxylic acids is 1. The average molecular weight is 263 g/mol. The van der Waals surface area contributed by atoms with E-state index in [1.807, 2.05) is 19.9 Å². The van der Waals surface area contributed by atoms with E-state index >= 15 is 0 Å². The van der Waals surface area contributed by atoms with Crippen LogP contribution in [0.1, 0.15) is 43.0 Å². The minimum atomic E-state index is -0.580. The molecule has 104 valence electrons. The third-order valence-electron chi connectivity index (χ3n) is 3.64. The van der Waals surface area contributed by atoms with Crippen LogP contribution in [0, 0.1) is 5.41 Å². The maximum Gasteiger partial charge on any atom is 0.311 e. The lowest BCUT2D eigenvalue weighted by Gasteiger charge is -2.25. The van der Waals surface area contributed by atoms with E-state index in [1.165, 1.54) is 18.2 Å². The molecule has 0 saturated carbocycles. The van der Waals surface area contributed by atoms with Crippen molar-refractivity contribution in [1.82, 2.24) is 0 Å². The SMILES string of the molecule is COC(=O)C(C)(C)CC(N)c1ccc2c(c1)COC2. The molecule has 1 heterocycles. The zero-order valence-corrected chi connectivity index (χ0v) is 11.7. The van der Waals surface area contributed by atoms with E-state index in [2.05, 4.69) is 12.1 Å². The second kappa shape index (κ2) is 5.31. The van der Waals surface area contributed by atoms with Gasteiger partial charge in [0.1, 0.15) is 0 Å². The number of esters is 1. The highest BCUT2D eigenvalue weighted by molar-refractivity contribution is 5.75. The summed E-state index contributed by atoms with van der Waals surface area (Å²) in [5.41, 5.74) is 9.11. The molecule has 1 aromatic rings. The van der Waals surface area contributed by atoms with Gasteiger partial charge in [0.25, 0.3) is 0 Å². The first-order valence-corrected chi connectivity index (χ1v) is 6.47. The molecule has 0 radical (unpaired) electrons. The van der Waals surface area contributed by atoms with Gasteiger partial charge in [0.05, 0.1) is 25.7 Å². The molecule has 2 rings (SSSR count). The van der Waals surface area contributed by atoms with Crippen molar-refractivity contribution in [1.29, 1.82) is 0 Å². The van der Waals surface area contributed by atoms with Gasteiger partial charge in [-0.1, -0.05) is 18.2 Å². The van der Waals surface area contributed by atoms with Crippen LogP contribution in [0.5, 0.6) is 0 Å². The fourth-order valence-electron chi connectivity index (χ4n) is 2.45. The van der Waals surface area contributed by atoms with Crippen LogP contribution in [0.3, 0.4) is 0 Å². The summed E-state index contributed by atoms with van der Waals surface area (Å²) >= 11 is 0. The Balaban J connectivity index is 2.12. The number of nitrogens with two attached hydrogens (primary N) is 1. The highest BCUT2D eigenvalue weighted by Gasteiger charge is 2.31. The quantitative estimate of drug-likeness (QED) is 0.847. The Labute approximate surface area is 113 Å². The number of benzene rings is 1. The lowest BCUT2D eigenvalue weighted by molar-refractivity contribution is -0.151. The Bertz CT molecular complexity index is 482. The van der Waals surface area contributed by atoms with Crippen LogP contribution in [-0.2, 0) is 27.5 Å². The van der Waals surface area contributed by atoms with Gasteiger partial charge in [0.2, 0.25) is 0 Å². The van der Waals surface area contributed by atoms with E-state index in [9.17, 15) is 4.79 Å². The summed E-state index contributed by atoms with van der Waals surface area (Å²) in [6, 6.07) is 5.98. The minimum absolute atomic E-state index is 0.181. The van der Waals surface area contributed by atoms with Gasteiger partial charge in [-0.2, -0.15) is 0 Å². The molecular weight excluding hydrogens is 242 g/mol. The molecule has 0 spiro atoms. The molecule has 1 aliphatic rings. The van der Waals surface area contributed by atoms with E-state index in [1.54, 1.807) is 0 Å². The standard InChI is InChI=1S/C15H21NO3/c1-15(2,14(17)18-3)7-13(16)10-4-5-11-8-19-9-12(11)6-10/h4-6,13H,7-9,16H2,1-3H3. The second-order valence-electron chi connectivity index (χ2n) is 5.71. The molecule has 4 nitrogen and oxygen atoms in total.